The largest absolute Gasteiger partial charge is 0.524 e. The lowest BCUT2D eigenvalue weighted by molar-refractivity contribution is 0.359. The summed E-state index contributed by atoms with van der Waals surface area (Å²) in [5.74, 6) is 1.15. The van der Waals surface area contributed by atoms with E-state index in [0.717, 1.165) is 87.6 Å². The molecule has 0 amide bonds. The van der Waals surface area contributed by atoms with E-state index in [-0.39, 0.29) is 11.5 Å². The molecule has 0 saturated heterocycles. The van der Waals surface area contributed by atoms with Crippen molar-refractivity contribution in [1.82, 2.24) is 4.86 Å². The van der Waals surface area contributed by atoms with Crippen LogP contribution in [0.3, 0.4) is 0 Å². The number of benzene rings is 12. The van der Waals surface area contributed by atoms with Crippen LogP contribution in [0.4, 0.5) is 0 Å². The third-order valence-electron chi connectivity index (χ3n) is 14.8. The molecule has 0 spiro atoms. The first-order chi connectivity index (χ1) is 37.5. The normalized spacial score (nSPS) is 14.0. The highest BCUT2D eigenvalue weighted by Gasteiger charge is 2.49. The Kier molecular flexibility index (Phi) is 10.9. The Morgan fingerprint density at radius 2 is 0.532 bits per heavy atom. The second kappa shape index (κ2) is 18.0. The Morgan fingerprint density at radius 1 is 0.286 bits per heavy atom. The molecule has 14 rings (SSSR count). The second-order valence-corrected chi connectivity index (χ2v) is 23.9. The van der Waals surface area contributed by atoms with E-state index in [1.54, 1.807) is 0 Å². The van der Waals surface area contributed by atoms with E-state index < -0.39 is 15.5 Å². The molecule has 2 aliphatic rings. The zero-order chi connectivity index (χ0) is 52.2. The molecule has 12 aromatic rings. The van der Waals surface area contributed by atoms with Gasteiger partial charge >= 0.3 is 15.5 Å². The highest BCUT2D eigenvalue weighted by atomic mass is 31.3. The summed E-state index contributed by atoms with van der Waals surface area (Å²) < 4.78 is 63.0. The van der Waals surface area contributed by atoms with Crippen molar-refractivity contribution < 1.29 is 27.2 Å². The van der Waals surface area contributed by atoms with Gasteiger partial charge in [0.25, 0.3) is 0 Å². The lowest BCUT2D eigenvalue weighted by Gasteiger charge is -2.26. The Hall–Kier alpha value is -8.70. The minimum absolute atomic E-state index is 0.283. The van der Waals surface area contributed by atoms with Crippen molar-refractivity contribution in [3.8, 4) is 89.8 Å². The zero-order valence-corrected chi connectivity index (χ0v) is 44.4. The quantitative estimate of drug-likeness (QED) is 0.166. The molecule has 0 saturated carbocycles. The maximum absolute atomic E-state index is 17.1. The number of rotatable bonds is 6. The van der Waals surface area contributed by atoms with Crippen LogP contribution < -0.4 is 23.0 Å². The summed E-state index contributed by atoms with van der Waals surface area (Å²) >= 11 is 0. The fourth-order valence-electron chi connectivity index (χ4n) is 11.8. The average molecular weight is 1040 g/mol. The summed E-state index contributed by atoms with van der Waals surface area (Å²) in [4.78, 5) is 3.03. The molecular formula is C68H49NO6P2. The van der Waals surface area contributed by atoms with Crippen LogP contribution in [0.25, 0.3) is 110 Å². The van der Waals surface area contributed by atoms with Gasteiger partial charge in [0.05, 0.1) is 0 Å². The summed E-state index contributed by atoms with van der Waals surface area (Å²) in [7, 11) is -10.0. The highest BCUT2D eigenvalue weighted by Crippen LogP contribution is 2.68. The summed E-state index contributed by atoms with van der Waals surface area (Å²) in [6.45, 7) is 8.25. The van der Waals surface area contributed by atoms with Crippen molar-refractivity contribution in [2.24, 2.45) is 0 Å². The molecule has 0 unspecified atom stereocenters. The van der Waals surface area contributed by atoms with Crippen molar-refractivity contribution in [3.63, 3.8) is 0 Å². The maximum atomic E-state index is 17.1. The van der Waals surface area contributed by atoms with Crippen LogP contribution in [-0.2, 0) is 9.13 Å². The molecule has 0 bridgehead atoms. The van der Waals surface area contributed by atoms with E-state index in [1.807, 2.05) is 109 Å². The van der Waals surface area contributed by atoms with Crippen molar-refractivity contribution in [2.45, 2.75) is 27.7 Å². The lowest BCUT2D eigenvalue weighted by Crippen LogP contribution is -2.21. The van der Waals surface area contributed by atoms with E-state index in [9.17, 15) is 0 Å². The fraction of sp³-hybridized carbons (Fsp3) is 0.0588. The Morgan fingerprint density at radius 3 is 0.818 bits per heavy atom. The number of nitrogens with one attached hydrogen (secondary N) is 1. The van der Waals surface area contributed by atoms with Gasteiger partial charge in [-0.05, 0) is 117 Å². The predicted octanol–water partition coefficient (Wildman–Crippen LogP) is 19.6. The monoisotopic (exact) mass is 1040 g/mol. The standard InChI is InChI=1S/C68H49NO6P2/c1-41-31-42(2)34-51(33-41)59-39-49-25-13-17-29-55(49)63-64-56-30-18-14-26-50(56)40-60(52-35-43(3)32-44(4)36-52)68(64)75-77(71,74-67(59)63)69-76(70)72-65-57(45-19-7-5-8-20-45)37-47-23-11-15-27-53(47)61(65)62-54-28-16-12-24-48(54)38-58(66(62)73-76)46-21-9-6-10-22-46/h5-40H,1-4H3,(H,69,70,71). The minimum Gasteiger partial charge on any atom is -0.403 e. The van der Waals surface area contributed by atoms with Crippen molar-refractivity contribution in [1.29, 1.82) is 0 Å². The van der Waals surface area contributed by atoms with Gasteiger partial charge in [-0.2, -0.15) is 0 Å². The van der Waals surface area contributed by atoms with Gasteiger partial charge < -0.3 is 18.1 Å². The molecule has 1 N–H and O–H groups in total. The van der Waals surface area contributed by atoms with Gasteiger partial charge in [0.15, 0.2) is 0 Å². The summed E-state index contributed by atoms with van der Waals surface area (Å²) in [6, 6.07) is 73.3. The first-order valence-corrected chi connectivity index (χ1v) is 28.8. The molecule has 77 heavy (non-hydrogen) atoms. The van der Waals surface area contributed by atoms with E-state index in [2.05, 4.69) is 142 Å². The molecule has 0 fully saturated rings. The van der Waals surface area contributed by atoms with Gasteiger partial charge in [-0.25, -0.2) is 9.13 Å². The van der Waals surface area contributed by atoms with Gasteiger partial charge in [-0.3, -0.25) is 0 Å². The summed E-state index contributed by atoms with van der Waals surface area (Å²) in [6.07, 6.45) is 0. The summed E-state index contributed by atoms with van der Waals surface area (Å²) in [5.41, 5.74) is 12.9. The summed E-state index contributed by atoms with van der Waals surface area (Å²) in [5, 5.41) is 7.17. The van der Waals surface area contributed by atoms with Gasteiger partial charge in [-0.1, -0.05) is 221 Å². The van der Waals surface area contributed by atoms with Crippen LogP contribution >= 0.6 is 15.5 Å². The molecule has 12 aromatic carbocycles. The fourth-order valence-corrected chi connectivity index (χ4v) is 15.4. The third-order valence-corrected chi connectivity index (χ3v) is 18.5. The van der Waals surface area contributed by atoms with Gasteiger partial charge in [0.2, 0.25) is 0 Å². The number of aryl methyl sites for hydroxylation is 4. The van der Waals surface area contributed by atoms with Crippen molar-refractivity contribution in [3.05, 3.63) is 241 Å². The molecule has 9 heteroatoms. The van der Waals surface area contributed by atoms with Crippen LogP contribution in [0.5, 0.6) is 23.0 Å². The number of hydrogen-bond donors (Lipinski definition) is 1. The van der Waals surface area contributed by atoms with Crippen molar-refractivity contribution in [2.75, 3.05) is 0 Å². The second-order valence-electron chi connectivity index (χ2n) is 20.3. The van der Waals surface area contributed by atoms with Gasteiger partial charge in [-0.15, -0.1) is 0 Å². The Balaban J connectivity index is 1.09. The topological polar surface area (TPSA) is 83.1 Å². The zero-order valence-electron chi connectivity index (χ0n) is 42.6. The van der Waals surface area contributed by atoms with Crippen LogP contribution in [0.15, 0.2) is 218 Å². The molecule has 2 heterocycles. The first kappa shape index (κ1) is 46.8. The van der Waals surface area contributed by atoms with Gasteiger partial charge in [0, 0.05) is 44.5 Å². The molecule has 0 aliphatic carbocycles. The van der Waals surface area contributed by atoms with E-state index >= 15 is 9.13 Å². The Bertz CT molecular complexity index is 4230. The van der Waals surface area contributed by atoms with Crippen LogP contribution in [0.2, 0.25) is 0 Å². The van der Waals surface area contributed by atoms with E-state index in [4.69, 9.17) is 18.1 Å². The smallest absolute Gasteiger partial charge is 0.403 e. The first-order valence-electron chi connectivity index (χ1n) is 25.8. The van der Waals surface area contributed by atoms with E-state index in [0.29, 0.717) is 56.0 Å². The minimum atomic E-state index is -5.03. The molecular weight excluding hydrogens is 989 g/mol. The SMILES string of the molecule is Cc1cc(C)cc(-c2cc3ccccc3c3c2OP(=O)(NP2(=O)Oc4c(-c5ccccc5)cc5ccccc5c4-c4c(c(-c5ccccc5)cc5ccccc45)O2)Oc2c(-c4cc(C)cc(C)c4)cc4ccccc4c2-3)c1. The maximum Gasteiger partial charge on any atom is 0.524 e. The van der Waals surface area contributed by atoms with Gasteiger partial charge in [0.1, 0.15) is 23.0 Å². The van der Waals surface area contributed by atoms with Crippen molar-refractivity contribution >= 4 is 58.6 Å². The molecule has 7 nitrogen and oxygen atoms in total. The molecule has 0 radical (unpaired) electrons. The van der Waals surface area contributed by atoms with Crippen LogP contribution in [0, 0.1) is 27.7 Å². The predicted molar refractivity (Wildman–Crippen MR) is 315 cm³/mol. The number of fused-ring (bicyclic) bond motifs is 14. The highest BCUT2D eigenvalue weighted by molar-refractivity contribution is 7.68. The molecule has 0 atom stereocenters. The average Bonchev–Trinajstić information content (AvgIpc) is 3.96. The van der Waals surface area contributed by atoms with Crippen LogP contribution in [-0.4, -0.2) is 0 Å². The van der Waals surface area contributed by atoms with E-state index in [1.165, 1.54) is 0 Å². The van der Waals surface area contributed by atoms with Crippen LogP contribution in [0.1, 0.15) is 22.3 Å². The number of hydrogen-bond acceptors (Lipinski definition) is 6. The lowest BCUT2D eigenvalue weighted by atomic mass is 9.86. The molecule has 372 valence electrons. The Labute approximate surface area is 446 Å². The third kappa shape index (κ3) is 8.01. The molecule has 2 aliphatic heterocycles. The molecule has 0 aromatic heterocycles.